The lowest BCUT2D eigenvalue weighted by Crippen LogP contribution is -1.99. The normalized spacial score (nSPS) is 10.7. The number of fused-ring (bicyclic) bond motifs is 1. The van der Waals surface area contributed by atoms with Crippen LogP contribution in [0.25, 0.3) is 5.65 Å². The first-order valence-electron chi connectivity index (χ1n) is 6.53. The van der Waals surface area contributed by atoms with Crippen molar-refractivity contribution in [1.82, 2.24) is 14.6 Å². The summed E-state index contributed by atoms with van der Waals surface area (Å²) in [5.74, 6) is 0.653. The second-order valence-corrected chi connectivity index (χ2v) is 4.40. The van der Waals surface area contributed by atoms with Gasteiger partial charge in [-0.2, -0.15) is 4.98 Å². The molecule has 2 rings (SSSR count). The quantitative estimate of drug-likeness (QED) is 0.601. The molecule has 2 aromatic rings. The van der Waals surface area contributed by atoms with Crippen molar-refractivity contribution in [2.45, 2.75) is 32.6 Å². The van der Waals surface area contributed by atoms with Gasteiger partial charge < -0.3 is 5.32 Å². The lowest BCUT2D eigenvalue weighted by atomic mass is 10.1. The number of rotatable bonds is 7. The van der Waals surface area contributed by atoms with Gasteiger partial charge in [0.1, 0.15) is 0 Å². The summed E-state index contributed by atoms with van der Waals surface area (Å²) in [5, 5.41) is 7.48. The maximum atomic E-state index is 4.39. The number of nitrogens with zero attached hydrogens (tertiary/aromatic N) is 3. The molecule has 0 bridgehead atoms. The third-order valence-corrected chi connectivity index (χ3v) is 2.87. The molecule has 0 spiro atoms. The molecule has 4 heteroatoms. The molecule has 2 heterocycles. The molecular weight excluding hydrogens is 224 g/mol. The summed E-state index contributed by atoms with van der Waals surface area (Å²) in [6.45, 7) is 6.56. The summed E-state index contributed by atoms with van der Waals surface area (Å²) in [4.78, 5) is 4.38. The summed E-state index contributed by atoms with van der Waals surface area (Å²) in [6, 6.07) is 4.16. The second-order valence-electron chi connectivity index (χ2n) is 4.40. The molecule has 96 valence electrons. The van der Waals surface area contributed by atoms with Crippen molar-refractivity contribution < 1.29 is 0 Å². The fourth-order valence-corrected chi connectivity index (χ4v) is 1.89. The van der Waals surface area contributed by atoms with Crippen LogP contribution in [0.5, 0.6) is 0 Å². The molecule has 18 heavy (non-hydrogen) atoms. The number of pyridine rings is 1. The van der Waals surface area contributed by atoms with Crippen LogP contribution in [-0.4, -0.2) is 21.1 Å². The first-order valence-corrected chi connectivity index (χ1v) is 6.53. The van der Waals surface area contributed by atoms with Crippen LogP contribution in [0.1, 0.15) is 31.7 Å². The fraction of sp³-hybridized carbons (Fsp3) is 0.429. The van der Waals surface area contributed by atoms with Crippen LogP contribution in [0.2, 0.25) is 0 Å². The molecule has 0 saturated heterocycles. The maximum absolute atomic E-state index is 4.39. The Morgan fingerprint density at radius 1 is 1.39 bits per heavy atom. The van der Waals surface area contributed by atoms with Gasteiger partial charge in [0.05, 0.1) is 0 Å². The summed E-state index contributed by atoms with van der Waals surface area (Å²) in [5.41, 5.74) is 2.19. The Kier molecular flexibility index (Phi) is 4.34. The number of nitrogens with one attached hydrogen (secondary N) is 1. The van der Waals surface area contributed by atoms with E-state index in [9.17, 15) is 0 Å². The molecule has 0 atom stereocenters. The van der Waals surface area contributed by atoms with Gasteiger partial charge in [0.2, 0.25) is 5.95 Å². The molecule has 4 nitrogen and oxygen atoms in total. The second kappa shape index (κ2) is 6.19. The molecule has 0 unspecified atom stereocenters. The van der Waals surface area contributed by atoms with Crippen LogP contribution in [0.4, 0.5) is 5.95 Å². The predicted octanol–water partition coefficient (Wildman–Crippen LogP) is 3.06. The van der Waals surface area contributed by atoms with E-state index >= 15 is 0 Å². The third-order valence-electron chi connectivity index (χ3n) is 2.87. The van der Waals surface area contributed by atoms with Gasteiger partial charge in [-0.3, -0.25) is 0 Å². The number of hydrogen-bond donors (Lipinski definition) is 1. The lowest BCUT2D eigenvalue weighted by Gasteiger charge is -2.00. The molecule has 0 aliphatic heterocycles. The van der Waals surface area contributed by atoms with E-state index in [0.29, 0.717) is 12.5 Å². The minimum absolute atomic E-state index is 0.653. The van der Waals surface area contributed by atoms with Gasteiger partial charge in [0, 0.05) is 12.7 Å². The van der Waals surface area contributed by atoms with Crippen LogP contribution in [0, 0.1) is 0 Å². The Morgan fingerprint density at radius 3 is 3.06 bits per heavy atom. The Morgan fingerprint density at radius 2 is 2.28 bits per heavy atom. The molecule has 0 saturated carbocycles. The highest BCUT2D eigenvalue weighted by molar-refractivity contribution is 5.44. The van der Waals surface area contributed by atoms with E-state index in [1.165, 1.54) is 24.8 Å². The molecule has 0 fully saturated rings. The highest BCUT2D eigenvalue weighted by atomic mass is 15.3. The van der Waals surface area contributed by atoms with Crippen molar-refractivity contribution in [1.29, 1.82) is 0 Å². The maximum Gasteiger partial charge on any atom is 0.243 e. The monoisotopic (exact) mass is 244 g/mol. The van der Waals surface area contributed by atoms with Gasteiger partial charge in [-0.15, -0.1) is 11.7 Å². The van der Waals surface area contributed by atoms with E-state index in [1.807, 2.05) is 10.6 Å². The summed E-state index contributed by atoms with van der Waals surface area (Å²) >= 11 is 0. The van der Waals surface area contributed by atoms with Crippen molar-refractivity contribution in [3.63, 3.8) is 0 Å². The van der Waals surface area contributed by atoms with Crippen LogP contribution in [-0.2, 0) is 6.42 Å². The van der Waals surface area contributed by atoms with Gasteiger partial charge in [0.15, 0.2) is 5.65 Å². The fourth-order valence-electron chi connectivity index (χ4n) is 1.89. The Hall–Kier alpha value is -1.84. The predicted molar refractivity (Wildman–Crippen MR) is 74.9 cm³/mol. The van der Waals surface area contributed by atoms with Gasteiger partial charge in [0.25, 0.3) is 0 Å². The first kappa shape index (κ1) is 12.6. The molecule has 0 amide bonds. The molecule has 0 aliphatic rings. The zero-order chi connectivity index (χ0) is 12.8. The molecule has 0 radical (unpaired) electrons. The summed E-state index contributed by atoms with van der Waals surface area (Å²) in [7, 11) is 0. The number of hydrogen-bond acceptors (Lipinski definition) is 3. The van der Waals surface area contributed by atoms with Crippen LogP contribution in [0.3, 0.4) is 0 Å². The molecule has 0 aromatic carbocycles. The SMILES string of the molecule is C=CCNc1nc2ccc(CCCCC)cn2n1. The number of aryl methyl sites for hydroxylation is 1. The first-order chi connectivity index (χ1) is 8.83. The highest BCUT2D eigenvalue weighted by Crippen LogP contribution is 2.10. The minimum Gasteiger partial charge on any atom is -0.349 e. The van der Waals surface area contributed by atoms with E-state index in [1.54, 1.807) is 6.08 Å². The topological polar surface area (TPSA) is 42.2 Å². The van der Waals surface area contributed by atoms with Crippen molar-refractivity contribution >= 4 is 11.6 Å². The number of anilines is 1. The number of aromatic nitrogens is 3. The van der Waals surface area contributed by atoms with Crippen molar-refractivity contribution in [2.75, 3.05) is 11.9 Å². The Bertz CT molecular complexity index is 515. The average Bonchev–Trinajstić information content (AvgIpc) is 2.78. The van der Waals surface area contributed by atoms with Crippen molar-refractivity contribution in [3.05, 3.63) is 36.5 Å². The van der Waals surface area contributed by atoms with E-state index in [0.717, 1.165) is 12.1 Å². The number of unbranched alkanes of at least 4 members (excludes halogenated alkanes) is 2. The summed E-state index contributed by atoms with van der Waals surface area (Å²) < 4.78 is 1.84. The Balaban J connectivity index is 2.09. The zero-order valence-corrected chi connectivity index (χ0v) is 10.9. The smallest absolute Gasteiger partial charge is 0.243 e. The zero-order valence-electron chi connectivity index (χ0n) is 10.9. The van der Waals surface area contributed by atoms with Crippen molar-refractivity contribution in [3.8, 4) is 0 Å². The molecule has 2 aromatic heterocycles. The lowest BCUT2D eigenvalue weighted by molar-refractivity contribution is 0.714. The third kappa shape index (κ3) is 3.09. The van der Waals surface area contributed by atoms with Crippen molar-refractivity contribution in [2.24, 2.45) is 0 Å². The van der Waals surface area contributed by atoms with Gasteiger partial charge in [-0.1, -0.05) is 31.9 Å². The van der Waals surface area contributed by atoms with E-state index in [4.69, 9.17) is 0 Å². The molecule has 1 N–H and O–H groups in total. The van der Waals surface area contributed by atoms with Crippen LogP contribution < -0.4 is 5.32 Å². The highest BCUT2D eigenvalue weighted by Gasteiger charge is 2.03. The van der Waals surface area contributed by atoms with E-state index < -0.39 is 0 Å². The molecule has 0 aliphatic carbocycles. The van der Waals surface area contributed by atoms with Gasteiger partial charge in [-0.25, -0.2) is 4.52 Å². The average molecular weight is 244 g/mol. The standard InChI is InChI=1S/C14H20N4/c1-3-5-6-7-12-8-9-13-16-14(15-10-4-2)17-18(13)11-12/h4,8-9,11H,2-3,5-7,10H2,1H3,(H,15,17). The van der Waals surface area contributed by atoms with Crippen LogP contribution >= 0.6 is 0 Å². The van der Waals surface area contributed by atoms with Crippen LogP contribution in [0.15, 0.2) is 31.0 Å². The largest absolute Gasteiger partial charge is 0.349 e. The molecular formula is C14H20N4. The Labute approximate surface area is 108 Å². The van der Waals surface area contributed by atoms with E-state index in [-0.39, 0.29) is 0 Å². The van der Waals surface area contributed by atoms with Gasteiger partial charge >= 0.3 is 0 Å². The van der Waals surface area contributed by atoms with Gasteiger partial charge in [-0.05, 0) is 24.5 Å². The van der Waals surface area contributed by atoms with E-state index in [2.05, 4.69) is 41.2 Å². The summed E-state index contributed by atoms with van der Waals surface area (Å²) in [6.07, 6.45) is 8.74. The minimum atomic E-state index is 0.653.